The van der Waals surface area contributed by atoms with Gasteiger partial charge in [0.05, 0.1) is 6.61 Å². The molecule has 4 nitrogen and oxygen atoms in total. The van der Waals surface area contributed by atoms with E-state index in [1.807, 2.05) is 24.4 Å². The van der Waals surface area contributed by atoms with Crippen LogP contribution in [0.4, 0.5) is 5.82 Å². The summed E-state index contributed by atoms with van der Waals surface area (Å²) in [6.07, 6.45) is 2.83. The Morgan fingerprint density at radius 2 is 2.13 bits per heavy atom. The lowest BCUT2D eigenvalue weighted by Crippen LogP contribution is -2.20. The van der Waals surface area contributed by atoms with Crippen LogP contribution in [0, 0.1) is 0 Å². The molecule has 0 aliphatic carbocycles. The molecule has 23 heavy (non-hydrogen) atoms. The summed E-state index contributed by atoms with van der Waals surface area (Å²) in [5.41, 5.74) is 1.07. The maximum atomic E-state index is 9.31. The minimum absolute atomic E-state index is 0.612. The summed E-state index contributed by atoms with van der Waals surface area (Å²) in [5, 5.41) is 13.4. The van der Waals surface area contributed by atoms with E-state index in [0.717, 1.165) is 24.3 Å². The molecule has 0 spiro atoms. The smallest absolute Gasteiger partial charge is 0.408 e. The summed E-state index contributed by atoms with van der Waals surface area (Å²) >= 11 is 1.73. The fraction of sp³-hybridized carbons (Fsp3) is 0.235. The average molecular weight is 326 g/mol. The van der Waals surface area contributed by atoms with Crippen LogP contribution in [-0.4, -0.2) is 23.7 Å². The number of nitrogens with zero attached hydrogens (tertiary/aromatic N) is 1. The molecule has 6 heteroatoms. The molecular weight excluding hydrogens is 307 g/mol. The zero-order chi connectivity index (χ0) is 16.2. The zero-order valence-corrected chi connectivity index (χ0v) is 14.1. The van der Waals surface area contributed by atoms with E-state index in [1.165, 1.54) is 15.0 Å². The molecule has 0 atom stereocenters. The number of thiophene rings is 1. The molecule has 2 aromatic heterocycles. The molecule has 0 bridgehead atoms. The van der Waals surface area contributed by atoms with Crippen molar-refractivity contribution in [1.82, 2.24) is 4.98 Å². The Bertz CT molecular complexity index is 787. The molecule has 0 aliphatic heterocycles. The minimum atomic E-state index is -0.612. The van der Waals surface area contributed by atoms with Gasteiger partial charge in [-0.25, -0.2) is 4.98 Å². The van der Waals surface area contributed by atoms with Gasteiger partial charge in [-0.2, -0.15) is 0 Å². The highest BCUT2D eigenvalue weighted by molar-refractivity contribution is 7.22. The van der Waals surface area contributed by atoms with Gasteiger partial charge in [0, 0.05) is 21.3 Å². The fourth-order valence-corrected chi connectivity index (χ4v) is 3.38. The molecule has 0 saturated carbocycles. The Hall–Kier alpha value is -2.05. The average Bonchev–Trinajstić information content (AvgIpc) is 2.96. The third kappa shape index (κ3) is 3.84. The van der Waals surface area contributed by atoms with Crippen molar-refractivity contribution < 1.29 is 9.76 Å². The van der Waals surface area contributed by atoms with E-state index in [9.17, 15) is 5.02 Å². The van der Waals surface area contributed by atoms with Gasteiger partial charge in [0.25, 0.3) is 0 Å². The van der Waals surface area contributed by atoms with Gasteiger partial charge in [-0.05, 0) is 55.0 Å². The van der Waals surface area contributed by atoms with E-state index < -0.39 is 7.05 Å². The van der Waals surface area contributed by atoms with Gasteiger partial charge in [0.15, 0.2) is 0 Å². The van der Waals surface area contributed by atoms with Crippen LogP contribution in [0.1, 0.15) is 13.3 Å². The van der Waals surface area contributed by atoms with Crippen molar-refractivity contribution in [1.29, 1.82) is 0 Å². The SMILES string of the molecule is CCCOc1ccc2cc(-c3ccc(NB(C)O)nc3)sc2c1. The molecule has 0 radical (unpaired) electrons. The molecule has 3 rings (SSSR count). The highest BCUT2D eigenvalue weighted by atomic mass is 32.1. The summed E-state index contributed by atoms with van der Waals surface area (Å²) in [6.45, 7) is 4.51. The minimum Gasteiger partial charge on any atom is -0.494 e. The van der Waals surface area contributed by atoms with Gasteiger partial charge in [-0.3, -0.25) is 0 Å². The van der Waals surface area contributed by atoms with Gasteiger partial charge in [-0.15, -0.1) is 11.3 Å². The van der Waals surface area contributed by atoms with E-state index in [4.69, 9.17) is 4.74 Å². The number of rotatable bonds is 6. The summed E-state index contributed by atoms with van der Waals surface area (Å²) in [6, 6.07) is 12.3. The Morgan fingerprint density at radius 1 is 1.26 bits per heavy atom. The number of hydrogen-bond acceptors (Lipinski definition) is 5. The highest BCUT2D eigenvalue weighted by Crippen LogP contribution is 2.35. The van der Waals surface area contributed by atoms with Gasteiger partial charge >= 0.3 is 7.05 Å². The number of fused-ring (bicyclic) bond motifs is 1. The normalized spacial score (nSPS) is 10.7. The molecule has 118 valence electrons. The third-order valence-corrected chi connectivity index (χ3v) is 4.52. The monoisotopic (exact) mass is 326 g/mol. The quantitative estimate of drug-likeness (QED) is 0.664. The van der Waals surface area contributed by atoms with Gasteiger partial charge in [0.2, 0.25) is 0 Å². The maximum absolute atomic E-state index is 9.31. The van der Waals surface area contributed by atoms with E-state index in [1.54, 1.807) is 18.2 Å². The van der Waals surface area contributed by atoms with Crippen molar-refractivity contribution in [2.45, 2.75) is 20.2 Å². The highest BCUT2D eigenvalue weighted by Gasteiger charge is 2.08. The fourth-order valence-electron chi connectivity index (χ4n) is 2.30. The molecular formula is C17H19BN2O2S. The number of pyridine rings is 1. The van der Waals surface area contributed by atoms with Crippen molar-refractivity contribution in [2.75, 3.05) is 11.8 Å². The number of nitrogens with one attached hydrogen (secondary N) is 1. The molecule has 3 aromatic rings. The molecule has 2 N–H and O–H groups in total. The maximum Gasteiger partial charge on any atom is 0.408 e. The van der Waals surface area contributed by atoms with E-state index in [0.29, 0.717) is 5.82 Å². The summed E-state index contributed by atoms with van der Waals surface area (Å²) < 4.78 is 6.90. The first-order valence-electron chi connectivity index (χ1n) is 7.73. The van der Waals surface area contributed by atoms with E-state index >= 15 is 0 Å². The predicted octanol–water partition coefficient (Wildman–Crippen LogP) is 4.27. The second kappa shape index (κ2) is 7.02. The summed E-state index contributed by atoms with van der Waals surface area (Å²) in [7, 11) is -0.612. The van der Waals surface area contributed by atoms with Crippen molar-refractivity contribution >= 4 is 34.3 Å². The molecule has 0 amide bonds. The van der Waals surface area contributed by atoms with Gasteiger partial charge in [-0.1, -0.05) is 6.92 Å². The first-order chi connectivity index (χ1) is 11.2. The van der Waals surface area contributed by atoms with Crippen LogP contribution in [0.5, 0.6) is 5.75 Å². The van der Waals surface area contributed by atoms with Crippen molar-refractivity contribution in [3.8, 4) is 16.2 Å². The van der Waals surface area contributed by atoms with Crippen molar-refractivity contribution in [3.05, 3.63) is 42.6 Å². The summed E-state index contributed by atoms with van der Waals surface area (Å²) in [5.74, 6) is 1.59. The molecule has 1 aromatic carbocycles. The Balaban J connectivity index is 1.84. The van der Waals surface area contributed by atoms with Crippen LogP contribution in [0.25, 0.3) is 20.5 Å². The largest absolute Gasteiger partial charge is 0.494 e. The molecule has 0 fully saturated rings. The Kier molecular flexibility index (Phi) is 4.83. The lowest BCUT2D eigenvalue weighted by atomic mass is 9.89. The Morgan fingerprint density at radius 3 is 2.83 bits per heavy atom. The van der Waals surface area contributed by atoms with Crippen molar-refractivity contribution in [3.63, 3.8) is 0 Å². The predicted molar refractivity (Wildman–Crippen MR) is 98.3 cm³/mol. The third-order valence-electron chi connectivity index (χ3n) is 3.37. The molecule has 0 unspecified atom stereocenters. The number of benzene rings is 1. The second-order valence-corrected chi connectivity index (χ2v) is 6.49. The first-order valence-corrected chi connectivity index (χ1v) is 8.55. The van der Waals surface area contributed by atoms with Crippen molar-refractivity contribution in [2.24, 2.45) is 0 Å². The topological polar surface area (TPSA) is 54.4 Å². The standard InChI is InChI=1S/C17H19BN2O2S/c1-3-8-22-14-6-4-12-9-15(23-16(12)10-14)13-5-7-17(19-11-13)20-18(2)21/h4-7,9-11,21H,3,8H2,1-2H3,(H,19,20). The molecule has 0 aliphatic rings. The van der Waals surface area contributed by atoms with Crippen LogP contribution in [0.15, 0.2) is 42.6 Å². The van der Waals surface area contributed by atoms with Gasteiger partial charge in [0.1, 0.15) is 11.6 Å². The van der Waals surface area contributed by atoms with Crippen LogP contribution in [-0.2, 0) is 0 Å². The molecule has 2 heterocycles. The Labute approximate surface area is 140 Å². The first kappa shape index (κ1) is 15.8. The van der Waals surface area contributed by atoms with Gasteiger partial charge < -0.3 is 15.0 Å². The van der Waals surface area contributed by atoms with Crippen LogP contribution >= 0.6 is 11.3 Å². The summed E-state index contributed by atoms with van der Waals surface area (Å²) in [4.78, 5) is 5.50. The number of aromatic nitrogens is 1. The lowest BCUT2D eigenvalue weighted by molar-refractivity contribution is 0.318. The van der Waals surface area contributed by atoms with Crippen LogP contribution in [0.2, 0.25) is 6.82 Å². The zero-order valence-electron chi connectivity index (χ0n) is 13.2. The number of hydrogen-bond donors (Lipinski definition) is 2. The van der Waals surface area contributed by atoms with E-state index in [-0.39, 0.29) is 0 Å². The molecule has 0 saturated heterocycles. The number of anilines is 1. The van der Waals surface area contributed by atoms with Crippen LogP contribution in [0.3, 0.4) is 0 Å². The lowest BCUT2D eigenvalue weighted by Gasteiger charge is -2.05. The van der Waals surface area contributed by atoms with E-state index in [2.05, 4.69) is 35.3 Å². The van der Waals surface area contributed by atoms with Crippen LogP contribution < -0.4 is 9.96 Å². The number of ether oxygens (including phenoxy) is 1. The second-order valence-electron chi connectivity index (χ2n) is 5.41.